The molecule has 0 bridgehead atoms. The van der Waals surface area contributed by atoms with Crippen molar-refractivity contribution >= 4 is 28.9 Å². The van der Waals surface area contributed by atoms with Crippen molar-refractivity contribution in [2.75, 3.05) is 5.32 Å². The van der Waals surface area contributed by atoms with E-state index in [4.69, 9.17) is 23.2 Å². The molecular formula is C11H10Cl2N4. The fourth-order valence-corrected chi connectivity index (χ4v) is 1.58. The standard InChI is InChI=1S/C11H10Cl2N4/c1-7-2-3-8(5-14-7)6-15-9-4-10(12)16-17-11(9)13/h2-5H,6H2,1H3,(H,15,16). The van der Waals surface area contributed by atoms with Crippen molar-refractivity contribution in [3.63, 3.8) is 0 Å². The maximum absolute atomic E-state index is 5.88. The lowest BCUT2D eigenvalue weighted by Gasteiger charge is -2.07. The van der Waals surface area contributed by atoms with Crippen molar-refractivity contribution in [1.29, 1.82) is 0 Å². The lowest BCUT2D eigenvalue weighted by molar-refractivity contribution is 1.02. The Morgan fingerprint density at radius 2 is 2.06 bits per heavy atom. The van der Waals surface area contributed by atoms with E-state index >= 15 is 0 Å². The number of pyridine rings is 1. The molecule has 0 saturated heterocycles. The second kappa shape index (κ2) is 5.29. The van der Waals surface area contributed by atoms with E-state index in [1.54, 1.807) is 6.07 Å². The SMILES string of the molecule is Cc1ccc(CNc2cc(Cl)nnc2Cl)cn1. The Morgan fingerprint density at radius 1 is 1.24 bits per heavy atom. The lowest BCUT2D eigenvalue weighted by Crippen LogP contribution is -2.02. The van der Waals surface area contributed by atoms with Gasteiger partial charge >= 0.3 is 0 Å². The summed E-state index contributed by atoms with van der Waals surface area (Å²) in [7, 11) is 0. The molecule has 17 heavy (non-hydrogen) atoms. The average molecular weight is 269 g/mol. The Kier molecular flexibility index (Phi) is 3.76. The Morgan fingerprint density at radius 3 is 2.76 bits per heavy atom. The molecule has 1 N–H and O–H groups in total. The van der Waals surface area contributed by atoms with E-state index in [9.17, 15) is 0 Å². The molecule has 0 atom stereocenters. The van der Waals surface area contributed by atoms with Crippen LogP contribution in [0.5, 0.6) is 0 Å². The number of anilines is 1. The van der Waals surface area contributed by atoms with Crippen LogP contribution >= 0.6 is 23.2 Å². The summed E-state index contributed by atoms with van der Waals surface area (Å²) < 4.78 is 0. The molecule has 0 aliphatic carbocycles. The molecule has 0 spiro atoms. The van der Waals surface area contributed by atoms with Gasteiger partial charge in [-0.15, -0.1) is 10.2 Å². The van der Waals surface area contributed by atoms with Crippen LogP contribution in [0.3, 0.4) is 0 Å². The van der Waals surface area contributed by atoms with Crippen LogP contribution < -0.4 is 5.32 Å². The second-order valence-corrected chi connectivity index (χ2v) is 4.28. The van der Waals surface area contributed by atoms with Gasteiger partial charge in [-0.05, 0) is 18.6 Å². The van der Waals surface area contributed by atoms with Gasteiger partial charge in [-0.2, -0.15) is 0 Å². The van der Waals surface area contributed by atoms with Crippen LogP contribution in [-0.4, -0.2) is 15.2 Å². The normalized spacial score (nSPS) is 10.3. The molecule has 0 amide bonds. The molecule has 2 heterocycles. The van der Waals surface area contributed by atoms with Crippen LogP contribution in [0.1, 0.15) is 11.3 Å². The first-order valence-corrected chi connectivity index (χ1v) is 5.75. The van der Waals surface area contributed by atoms with Crippen LogP contribution in [0, 0.1) is 6.92 Å². The van der Waals surface area contributed by atoms with Gasteiger partial charge in [0.05, 0.1) is 5.69 Å². The van der Waals surface area contributed by atoms with Crippen LogP contribution in [0.25, 0.3) is 0 Å². The summed E-state index contributed by atoms with van der Waals surface area (Å²) in [5.74, 6) is 0. The molecule has 4 nitrogen and oxygen atoms in total. The van der Waals surface area contributed by atoms with Crippen LogP contribution in [0.4, 0.5) is 5.69 Å². The molecular weight excluding hydrogens is 259 g/mol. The molecule has 0 fully saturated rings. The van der Waals surface area contributed by atoms with Crippen LogP contribution in [0.2, 0.25) is 10.3 Å². The van der Waals surface area contributed by atoms with Gasteiger partial charge < -0.3 is 5.32 Å². The molecule has 0 aliphatic heterocycles. The maximum atomic E-state index is 5.88. The number of hydrogen-bond acceptors (Lipinski definition) is 4. The van der Waals surface area contributed by atoms with E-state index in [0.29, 0.717) is 22.5 Å². The predicted octanol–water partition coefficient (Wildman–Crippen LogP) is 3.10. The van der Waals surface area contributed by atoms with E-state index in [2.05, 4.69) is 20.5 Å². The molecule has 6 heteroatoms. The summed E-state index contributed by atoms with van der Waals surface area (Å²) in [4.78, 5) is 4.20. The Labute approximate surface area is 109 Å². The average Bonchev–Trinajstić information content (AvgIpc) is 2.32. The zero-order valence-electron chi connectivity index (χ0n) is 9.11. The van der Waals surface area contributed by atoms with E-state index in [1.165, 1.54) is 0 Å². The second-order valence-electron chi connectivity index (χ2n) is 3.53. The molecule has 0 aliphatic rings. The number of aromatic nitrogens is 3. The molecule has 0 aromatic carbocycles. The zero-order valence-corrected chi connectivity index (χ0v) is 10.6. The number of halogens is 2. The van der Waals surface area contributed by atoms with Crippen molar-refractivity contribution in [3.05, 3.63) is 46.0 Å². The summed E-state index contributed by atoms with van der Waals surface area (Å²) in [5, 5.41) is 11.1. The maximum Gasteiger partial charge on any atom is 0.174 e. The first kappa shape index (κ1) is 12.1. The number of aryl methyl sites for hydroxylation is 1. The third-order valence-corrected chi connectivity index (χ3v) is 2.64. The fourth-order valence-electron chi connectivity index (χ4n) is 1.28. The van der Waals surface area contributed by atoms with E-state index in [-0.39, 0.29) is 0 Å². The number of hydrogen-bond donors (Lipinski definition) is 1. The molecule has 0 radical (unpaired) electrons. The highest BCUT2D eigenvalue weighted by Crippen LogP contribution is 2.21. The Balaban J connectivity index is 2.07. The van der Waals surface area contributed by atoms with Gasteiger partial charge in [-0.3, -0.25) is 4.98 Å². The monoisotopic (exact) mass is 268 g/mol. The highest BCUT2D eigenvalue weighted by atomic mass is 35.5. The minimum absolute atomic E-state index is 0.300. The molecule has 2 rings (SSSR count). The molecule has 2 aromatic rings. The van der Waals surface area contributed by atoms with Gasteiger partial charge in [-0.25, -0.2) is 0 Å². The third-order valence-electron chi connectivity index (χ3n) is 2.17. The number of rotatable bonds is 3. The van der Waals surface area contributed by atoms with Gasteiger partial charge in [0.1, 0.15) is 0 Å². The van der Waals surface area contributed by atoms with Gasteiger partial charge in [0.15, 0.2) is 10.3 Å². The van der Waals surface area contributed by atoms with Crippen molar-refractivity contribution in [1.82, 2.24) is 15.2 Å². The molecule has 0 unspecified atom stereocenters. The number of nitrogens with zero attached hydrogens (tertiary/aromatic N) is 3. The van der Waals surface area contributed by atoms with Gasteiger partial charge in [-0.1, -0.05) is 29.3 Å². The van der Waals surface area contributed by atoms with Crippen molar-refractivity contribution in [2.24, 2.45) is 0 Å². The highest BCUT2D eigenvalue weighted by molar-refractivity contribution is 6.33. The first-order chi connectivity index (χ1) is 8.15. The van der Waals surface area contributed by atoms with Crippen LogP contribution in [0.15, 0.2) is 24.4 Å². The molecule has 88 valence electrons. The smallest absolute Gasteiger partial charge is 0.174 e. The minimum Gasteiger partial charge on any atom is -0.378 e. The fraction of sp³-hybridized carbons (Fsp3) is 0.182. The molecule has 0 saturated carbocycles. The van der Waals surface area contributed by atoms with Gasteiger partial charge in [0.2, 0.25) is 0 Å². The number of nitrogens with one attached hydrogen (secondary N) is 1. The zero-order chi connectivity index (χ0) is 12.3. The van der Waals surface area contributed by atoms with Crippen molar-refractivity contribution in [3.8, 4) is 0 Å². The van der Waals surface area contributed by atoms with Gasteiger partial charge in [0.25, 0.3) is 0 Å². The van der Waals surface area contributed by atoms with E-state index in [0.717, 1.165) is 11.3 Å². The topological polar surface area (TPSA) is 50.7 Å². The summed E-state index contributed by atoms with van der Waals surface area (Å²) in [5.41, 5.74) is 2.70. The Bertz CT molecular complexity index is 513. The summed E-state index contributed by atoms with van der Waals surface area (Å²) >= 11 is 11.6. The third kappa shape index (κ3) is 3.28. The van der Waals surface area contributed by atoms with Gasteiger partial charge in [0, 0.05) is 24.5 Å². The summed E-state index contributed by atoms with van der Waals surface area (Å²) in [6.07, 6.45) is 1.81. The Hall–Kier alpha value is -1.39. The van der Waals surface area contributed by atoms with Crippen molar-refractivity contribution in [2.45, 2.75) is 13.5 Å². The minimum atomic E-state index is 0.300. The highest BCUT2D eigenvalue weighted by Gasteiger charge is 2.03. The van der Waals surface area contributed by atoms with Crippen LogP contribution in [-0.2, 0) is 6.54 Å². The summed E-state index contributed by atoms with van der Waals surface area (Å²) in [6, 6.07) is 5.59. The predicted molar refractivity (Wildman–Crippen MR) is 68.4 cm³/mol. The molecule has 2 aromatic heterocycles. The lowest BCUT2D eigenvalue weighted by atomic mass is 10.2. The largest absolute Gasteiger partial charge is 0.378 e. The quantitative estimate of drug-likeness (QED) is 0.930. The van der Waals surface area contributed by atoms with Crippen molar-refractivity contribution < 1.29 is 0 Å². The first-order valence-electron chi connectivity index (χ1n) is 4.99. The van der Waals surface area contributed by atoms with E-state index in [1.807, 2.05) is 25.3 Å². The van der Waals surface area contributed by atoms with E-state index < -0.39 is 0 Å². The summed E-state index contributed by atoms with van der Waals surface area (Å²) in [6.45, 7) is 2.55.